The SMILES string of the molecule is COc1ccc(COC(=O)c2cc(N)cc(N)c2)cc1F. The topological polar surface area (TPSA) is 87.6 Å². The first-order chi connectivity index (χ1) is 9.99. The second kappa shape index (κ2) is 6.13. The zero-order valence-corrected chi connectivity index (χ0v) is 11.4. The number of rotatable bonds is 4. The van der Waals surface area contributed by atoms with Gasteiger partial charge in [0, 0.05) is 11.4 Å². The Morgan fingerprint density at radius 1 is 1.14 bits per heavy atom. The second-order valence-corrected chi connectivity index (χ2v) is 4.43. The molecule has 0 bridgehead atoms. The summed E-state index contributed by atoms with van der Waals surface area (Å²) in [5.41, 5.74) is 12.7. The summed E-state index contributed by atoms with van der Waals surface area (Å²) in [5.74, 6) is -0.960. The summed E-state index contributed by atoms with van der Waals surface area (Å²) in [6, 6.07) is 8.80. The third-order valence-electron chi connectivity index (χ3n) is 2.80. The molecular formula is C15H15FN2O3. The van der Waals surface area contributed by atoms with Crippen molar-refractivity contribution in [1.29, 1.82) is 0 Å². The van der Waals surface area contributed by atoms with Crippen molar-refractivity contribution in [3.05, 3.63) is 53.3 Å². The molecule has 0 radical (unpaired) electrons. The summed E-state index contributed by atoms with van der Waals surface area (Å²) < 4.78 is 23.4. The molecule has 0 saturated carbocycles. The highest BCUT2D eigenvalue weighted by Crippen LogP contribution is 2.19. The number of esters is 1. The molecule has 2 rings (SSSR count). The van der Waals surface area contributed by atoms with E-state index >= 15 is 0 Å². The fourth-order valence-electron chi connectivity index (χ4n) is 1.83. The van der Waals surface area contributed by atoms with Crippen LogP contribution in [0, 0.1) is 5.82 Å². The maximum atomic E-state index is 13.5. The number of methoxy groups -OCH3 is 1. The van der Waals surface area contributed by atoms with Crippen LogP contribution >= 0.6 is 0 Å². The standard InChI is InChI=1S/C15H15FN2O3/c1-20-14-3-2-9(4-13(14)16)8-21-15(19)10-5-11(17)7-12(18)6-10/h2-7H,8,17-18H2,1H3. The molecule has 6 heteroatoms. The summed E-state index contributed by atoms with van der Waals surface area (Å²) in [5, 5.41) is 0. The zero-order chi connectivity index (χ0) is 15.4. The van der Waals surface area contributed by atoms with Crippen molar-refractivity contribution in [2.45, 2.75) is 6.61 Å². The number of hydrogen-bond donors (Lipinski definition) is 2. The molecule has 0 atom stereocenters. The molecule has 5 nitrogen and oxygen atoms in total. The molecule has 0 saturated heterocycles. The van der Waals surface area contributed by atoms with Gasteiger partial charge in [0.25, 0.3) is 0 Å². The Hall–Kier alpha value is -2.76. The van der Waals surface area contributed by atoms with Crippen LogP contribution in [0.15, 0.2) is 36.4 Å². The number of nitrogens with two attached hydrogens (primary N) is 2. The van der Waals surface area contributed by atoms with Gasteiger partial charge in [-0.3, -0.25) is 0 Å². The van der Waals surface area contributed by atoms with E-state index in [0.29, 0.717) is 16.9 Å². The van der Waals surface area contributed by atoms with E-state index in [1.807, 2.05) is 0 Å². The predicted molar refractivity (Wildman–Crippen MR) is 77.3 cm³/mol. The van der Waals surface area contributed by atoms with E-state index in [9.17, 15) is 9.18 Å². The van der Waals surface area contributed by atoms with Gasteiger partial charge in [0.1, 0.15) is 6.61 Å². The van der Waals surface area contributed by atoms with Crippen molar-refractivity contribution >= 4 is 17.3 Å². The number of benzene rings is 2. The van der Waals surface area contributed by atoms with Crippen molar-refractivity contribution in [3.63, 3.8) is 0 Å². The number of anilines is 2. The summed E-state index contributed by atoms with van der Waals surface area (Å²) in [6.07, 6.45) is 0. The molecular weight excluding hydrogens is 275 g/mol. The van der Waals surface area contributed by atoms with Crippen LogP contribution in [0.3, 0.4) is 0 Å². The third-order valence-corrected chi connectivity index (χ3v) is 2.80. The third kappa shape index (κ3) is 3.62. The van der Waals surface area contributed by atoms with E-state index in [0.717, 1.165) is 0 Å². The average Bonchev–Trinajstić information content (AvgIpc) is 2.43. The normalized spacial score (nSPS) is 10.2. The quantitative estimate of drug-likeness (QED) is 0.666. The average molecular weight is 290 g/mol. The molecule has 110 valence electrons. The monoisotopic (exact) mass is 290 g/mol. The van der Waals surface area contributed by atoms with Crippen LogP contribution in [0.25, 0.3) is 0 Å². The summed E-state index contributed by atoms with van der Waals surface area (Å²) in [7, 11) is 1.38. The van der Waals surface area contributed by atoms with Gasteiger partial charge in [-0.05, 0) is 35.9 Å². The lowest BCUT2D eigenvalue weighted by Gasteiger charge is -2.08. The smallest absolute Gasteiger partial charge is 0.338 e. The van der Waals surface area contributed by atoms with Crippen LogP contribution in [-0.2, 0) is 11.3 Å². The lowest BCUT2D eigenvalue weighted by atomic mass is 10.2. The minimum absolute atomic E-state index is 0.0611. The fourth-order valence-corrected chi connectivity index (χ4v) is 1.83. The first-order valence-corrected chi connectivity index (χ1v) is 6.15. The van der Waals surface area contributed by atoms with E-state index in [1.165, 1.54) is 37.4 Å². The highest BCUT2D eigenvalue weighted by Gasteiger charge is 2.10. The first-order valence-electron chi connectivity index (χ1n) is 6.15. The maximum absolute atomic E-state index is 13.5. The van der Waals surface area contributed by atoms with Crippen LogP contribution in [0.5, 0.6) is 5.75 Å². The lowest BCUT2D eigenvalue weighted by Crippen LogP contribution is -2.07. The Morgan fingerprint density at radius 2 is 1.81 bits per heavy atom. The van der Waals surface area contributed by atoms with Crippen LogP contribution < -0.4 is 16.2 Å². The van der Waals surface area contributed by atoms with Crippen LogP contribution in [0.1, 0.15) is 15.9 Å². The van der Waals surface area contributed by atoms with Gasteiger partial charge in [0.15, 0.2) is 11.6 Å². The van der Waals surface area contributed by atoms with Gasteiger partial charge in [-0.25, -0.2) is 9.18 Å². The second-order valence-electron chi connectivity index (χ2n) is 4.43. The molecule has 0 aliphatic carbocycles. The van der Waals surface area contributed by atoms with E-state index in [-0.39, 0.29) is 17.9 Å². The number of hydrogen-bond acceptors (Lipinski definition) is 5. The Labute approximate surface area is 121 Å². The van der Waals surface area contributed by atoms with Gasteiger partial charge >= 0.3 is 5.97 Å². The van der Waals surface area contributed by atoms with E-state index in [2.05, 4.69) is 0 Å². The number of carbonyl (C=O) groups is 1. The Morgan fingerprint density at radius 3 is 2.38 bits per heavy atom. The Kier molecular flexibility index (Phi) is 4.27. The van der Waals surface area contributed by atoms with E-state index in [1.54, 1.807) is 6.07 Å². The molecule has 0 aromatic heterocycles. The summed E-state index contributed by atoms with van der Waals surface area (Å²) in [6.45, 7) is -0.0611. The van der Waals surface area contributed by atoms with Gasteiger partial charge in [0.2, 0.25) is 0 Å². The van der Waals surface area contributed by atoms with Gasteiger partial charge in [0.05, 0.1) is 12.7 Å². The first kappa shape index (κ1) is 14.6. The highest BCUT2D eigenvalue weighted by molar-refractivity contribution is 5.91. The molecule has 21 heavy (non-hydrogen) atoms. The summed E-state index contributed by atoms with van der Waals surface area (Å²) >= 11 is 0. The molecule has 2 aromatic carbocycles. The van der Waals surface area contributed by atoms with Crippen LogP contribution in [0.2, 0.25) is 0 Å². The molecule has 0 fully saturated rings. The maximum Gasteiger partial charge on any atom is 0.338 e. The number of carbonyl (C=O) groups excluding carboxylic acids is 1. The number of ether oxygens (including phenoxy) is 2. The molecule has 4 N–H and O–H groups in total. The lowest BCUT2D eigenvalue weighted by molar-refractivity contribution is 0.0472. The highest BCUT2D eigenvalue weighted by atomic mass is 19.1. The van der Waals surface area contributed by atoms with Crippen LogP contribution in [0.4, 0.5) is 15.8 Å². The van der Waals surface area contributed by atoms with Gasteiger partial charge in [-0.15, -0.1) is 0 Å². The fraction of sp³-hybridized carbons (Fsp3) is 0.133. The van der Waals surface area contributed by atoms with Crippen molar-refractivity contribution in [1.82, 2.24) is 0 Å². The molecule has 0 amide bonds. The number of halogens is 1. The van der Waals surface area contributed by atoms with Crippen molar-refractivity contribution < 1.29 is 18.7 Å². The molecule has 0 aliphatic rings. The van der Waals surface area contributed by atoms with E-state index in [4.69, 9.17) is 20.9 Å². The van der Waals surface area contributed by atoms with Crippen LogP contribution in [-0.4, -0.2) is 13.1 Å². The number of nitrogen functional groups attached to an aromatic ring is 2. The Bertz CT molecular complexity index is 654. The van der Waals surface area contributed by atoms with Crippen molar-refractivity contribution in [2.24, 2.45) is 0 Å². The molecule has 0 aliphatic heterocycles. The molecule has 0 heterocycles. The minimum Gasteiger partial charge on any atom is -0.494 e. The van der Waals surface area contributed by atoms with Gasteiger partial charge in [-0.2, -0.15) is 0 Å². The molecule has 0 spiro atoms. The van der Waals surface area contributed by atoms with Gasteiger partial charge in [-0.1, -0.05) is 6.07 Å². The van der Waals surface area contributed by atoms with Crippen molar-refractivity contribution in [2.75, 3.05) is 18.6 Å². The zero-order valence-electron chi connectivity index (χ0n) is 11.4. The van der Waals surface area contributed by atoms with E-state index < -0.39 is 11.8 Å². The summed E-state index contributed by atoms with van der Waals surface area (Å²) in [4.78, 5) is 11.9. The molecule has 2 aromatic rings. The van der Waals surface area contributed by atoms with Gasteiger partial charge < -0.3 is 20.9 Å². The predicted octanol–water partition coefficient (Wildman–Crippen LogP) is 2.36. The largest absolute Gasteiger partial charge is 0.494 e. The Balaban J connectivity index is 2.05. The minimum atomic E-state index is -0.578. The van der Waals surface area contributed by atoms with Crippen molar-refractivity contribution in [3.8, 4) is 5.75 Å². The molecule has 0 unspecified atom stereocenters.